The number of halogens is 1. The number of hydrogen-bond donors (Lipinski definition) is 0. The van der Waals surface area contributed by atoms with Crippen molar-refractivity contribution >= 4 is 15.9 Å². The van der Waals surface area contributed by atoms with E-state index in [1.165, 1.54) is 6.42 Å². The van der Waals surface area contributed by atoms with E-state index in [1.54, 1.807) is 0 Å². The molecule has 3 heteroatoms. The zero-order valence-electron chi connectivity index (χ0n) is 10.2. The molecular weight excluding hydrogens is 266 g/mol. The second kappa shape index (κ2) is 6.89. The van der Waals surface area contributed by atoms with Crippen molar-refractivity contribution in [2.24, 2.45) is 5.92 Å². The second-order valence-corrected chi connectivity index (χ2v) is 5.63. The Morgan fingerprint density at radius 2 is 2.12 bits per heavy atom. The number of aromatic nitrogens is 1. The Balaban J connectivity index is 2.55. The maximum atomic E-state index is 5.38. The number of ether oxygens (including phenoxy) is 1. The van der Waals surface area contributed by atoms with E-state index >= 15 is 0 Å². The highest BCUT2D eigenvalue weighted by Crippen LogP contribution is 2.18. The van der Waals surface area contributed by atoms with E-state index in [9.17, 15) is 0 Å². The summed E-state index contributed by atoms with van der Waals surface area (Å²) in [5.74, 6) is 1.43. The molecule has 1 atom stereocenters. The highest BCUT2D eigenvalue weighted by atomic mass is 79.9. The third-order valence-electron chi connectivity index (χ3n) is 2.23. The van der Waals surface area contributed by atoms with Crippen molar-refractivity contribution in [1.29, 1.82) is 0 Å². The predicted molar refractivity (Wildman–Crippen MR) is 71.3 cm³/mol. The van der Waals surface area contributed by atoms with Crippen LogP contribution in [-0.4, -0.2) is 16.4 Å². The minimum atomic E-state index is 0.497. The summed E-state index contributed by atoms with van der Waals surface area (Å²) >= 11 is 3.70. The third-order valence-corrected chi connectivity index (χ3v) is 2.93. The van der Waals surface area contributed by atoms with Crippen LogP contribution in [0, 0.1) is 5.92 Å². The van der Waals surface area contributed by atoms with E-state index in [0.717, 1.165) is 18.0 Å². The number of alkyl halides is 1. The molecule has 0 saturated carbocycles. The first kappa shape index (κ1) is 13.5. The lowest BCUT2D eigenvalue weighted by Crippen LogP contribution is -2.08. The van der Waals surface area contributed by atoms with E-state index in [-0.39, 0.29) is 0 Å². The van der Waals surface area contributed by atoms with Gasteiger partial charge >= 0.3 is 0 Å². The van der Waals surface area contributed by atoms with Gasteiger partial charge in [-0.2, -0.15) is 0 Å². The Morgan fingerprint density at radius 3 is 2.75 bits per heavy atom. The highest BCUT2D eigenvalue weighted by Gasteiger charge is 2.09. The van der Waals surface area contributed by atoms with Crippen molar-refractivity contribution in [3.05, 3.63) is 23.9 Å². The molecule has 0 fully saturated rings. The van der Waals surface area contributed by atoms with Crippen molar-refractivity contribution in [2.75, 3.05) is 6.61 Å². The summed E-state index contributed by atoms with van der Waals surface area (Å²) in [6, 6.07) is 5.96. The molecule has 2 nitrogen and oxygen atoms in total. The van der Waals surface area contributed by atoms with Gasteiger partial charge in [-0.3, -0.25) is 0 Å². The van der Waals surface area contributed by atoms with Gasteiger partial charge in [0, 0.05) is 23.0 Å². The highest BCUT2D eigenvalue weighted by molar-refractivity contribution is 9.09. The van der Waals surface area contributed by atoms with Crippen molar-refractivity contribution in [1.82, 2.24) is 4.98 Å². The molecule has 1 rings (SSSR count). The maximum Gasteiger partial charge on any atom is 0.213 e. The summed E-state index contributed by atoms with van der Waals surface area (Å²) in [7, 11) is 0. The minimum absolute atomic E-state index is 0.497. The lowest BCUT2D eigenvalue weighted by molar-refractivity contribution is 0.325. The number of hydrogen-bond acceptors (Lipinski definition) is 2. The molecular formula is C13H20BrNO. The average Bonchev–Trinajstić information content (AvgIpc) is 2.17. The number of nitrogens with zero attached hydrogens (tertiary/aromatic N) is 1. The van der Waals surface area contributed by atoms with Crippen LogP contribution in [0.15, 0.2) is 18.2 Å². The fourth-order valence-corrected chi connectivity index (χ4v) is 2.70. The molecule has 1 heterocycles. The van der Waals surface area contributed by atoms with Crippen LogP contribution in [0.3, 0.4) is 0 Å². The van der Waals surface area contributed by atoms with E-state index < -0.39 is 0 Å². The maximum absolute atomic E-state index is 5.38. The smallest absolute Gasteiger partial charge is 0.213 e. The number of rotatable bonds is 6. The zero-order valence-corrected chi connectivity index (χ0v) is 11.8. The molecule has 0 aliphatic carbocycles. The van der Waals surface area contributed by atoms with Gasteiger partial charge in [0.25, 0.3) is 0 Å². The molecule has 90 valence electrons. The molecule has 0 spiro atoms. The Kier molecular flexibility index (Phi) is 5.81. The van der Waals surface area contributed by atoms with Crippen LogP contribution in [0.2, 0.25) is 0 Å². The fourth-order valence-electron chi connectivity index (χ4n) is 1.62. The SMILES string of the molecule is CCOc1cccc(CC(Br)CC(C)C)n1. The molecule has 0 N–H and O–H groups in total. The summed E-state index contributed by atoms with van der Waals surface area (Å²) < 4.78 is 5.38. The van der Waals surface area contributed by atoms with E-state index in [4.69, 9.17) is 4.74 Å². The molecule has 0 aromatic carbocycles. The molecule has 1 aromatic heterocycles. The average molecular weight is 286 g/mol. The van der Waals surface area contributed by atoms with Gasteiger partial charge in [0.15, 0.2) is 0 Å². The van der Waals surface area contributed by atoms with Crippen LogP contribution in [-0.2, 0) is 6.42 Å². The van der Waals surface area contributed by atoms with Crippen LogP contribution < -0.4 is 4.74 Å². The quantitative estimate of drug-likeness (QED) is 0.741. The zero-order chi connectivity index (χ0) is 12.0. The van der Waals surface area contributed by atoms with E-state index in [1.807, 2.05) is 19.1 Å². The molecule has 0 aliphatic rings. The van der Waals surface area contributed by atoms with Crippen molar-refractivity contribution in [3.63, 3.8) is 0 Å². The topological polar surface area (TPSA) is 22.1 Å². The van der Waals surface area contributed by atoms with Crippen molar-refractivity contribution in [3.8, 4) is 5.88 Å². The lowest BCUT2D eigenvalue weighted by atomic mass is 10.1. The van der Waals surface area contributed by atoms with Gasteiger partial charge < -0.3 is 4.74 Å². The lowest BCUT2D eigenvalue weighted by Gasteiger charge is -2.12. The number of pyridine rings is 1. The fraction of sp³-hybridized carbons (Fsp3) is 0.615. The van der Waals surface area contributed by atoms with Gasteiger partial charge in [0.1, 0.15) is 0 Å². The van der Waals surface area contributed by atoms with Gasteiger partial charge in [0.05, 0.1) is 6.61 Å². The Labute approximate surface area is 107 Å². The van der Waals surface area contributed by atoms with Crippen LogP contribution in [0.5, 0.6) is 5.88 Å². The van der Waals surface area contributed by atoms with E-state index in [0.29, 0.717) is 17.4 Å². The standard InChI is InChI=1S/C13H20BrNO/c1-4-16-13-7-5-6-12(15-13)9-11(14)8-10(2)3/h5-7,10-11H,4,8-9H2,1-3H3. The van der Waals surface area contributed by atoms with Gasteiger partial charge in [0.2, 0.25) is 5.88 Å². The molecule has 0 amide bonds. The first-order valence-electron chi connectivity index (χ1n) is 5.84. The summed E-state index contributed by atoms with van der Waals surface area (Å²) in [5, 5.41) is 0. The van der Waals surface area contributed by atoms with Crippen molar-refractivity contribution in [2.45, 2.75) is 38.4 Å². The molecule has 0 radical (unpaired) electrons. The van der Waals surface area contributed by atoms with Crippen LogP contribution in [0.1, 0.15) is 32.9 Å². The summed E-state index contributed by atoms with van der Waals surface area (Å²) in [4.78, 5) is 4.95. The van der Waals surface area contributed by atoms with Crippen LogP contribution in [0.25, 0.3) is 0 Å². The minimum Gasteiger partial charge on any atom is -0.478 e. The van der Waals surface area contributed by atoms with Crippen LogP contribution >= 0.6 is 15.9 Å². The normalized spacial score (nSPS) is 12.8. The molecule has 1 unspecified atom stereocenters. The van der Waals surface area contributed by atoms with Crippen molar-refractivity contribution < 1.29 is 4.74 Å². The molecule has 0 saturated heterocycles. The van der Waals surface area contributed by atoms with Gasteiger partial charge in [-0.05, 0) is 25.3 Å². The molecule has 1 aromatic rings. The monoisotopic (exact) mass is 285 g/mol. The Bertz CT molecular complexity index is 315. The van der Waals surface area contributed by atoms with Gasteiger partial charge in [-0.15, -0.1) is 0 Å². The molecule has 0 aliphatic heterocycles. The largest absolute Gasteiger partial charge is 0.478 e. The van der Waals surface area contributed by atoms with Gasteiger partial charge in [-0.1, -0.05) is 35.8 Å². The summed E-state index contributed by atoms with van der Waals surface area (Å²) in [6.45, 7) is 7.11. The molecule has 0 bridgehead atoms. The Morgan fingerprint density at radius 1 is 1.38 bits per heavy atom. The Hall–Kier alpha value is -0.570. The molecule has 16 heavy (non-hydrogen) atoms. The summed E-state index contributed by atoms with van der Waals surface area (Å²) in [5.41, 5.74) is 1.09. The third kappa shape index (κ3) is 4.97. The first-order chi connectivity index (χ1) is 7.61. The summed E-state index contributed by atoms with van der Waals surface area (Å²) in [6.07, 6.45) is 2.12. The van der Waals surface area contributed by atoms with Gasteiger partial charge in [-0.25, -0.2) is 4.98 Å². The van der Waals surface area contributed by atoms with Crippen LogP contribution in [0.4, 0.5) is 0 Å². The van der Waals surface area contributed by atoms with E-state index in [2.05, 4.69) is 40.8 Å². The second-order valence-electron chi connectivity index (χ2n) is 4.33. The first-order valence-corrected chi connectivity index (χ1v) is 6.76. The predicted octanol–water partition coefficient (Wildman–Crippen LogP) is 3.83.